The first-order chi connectivity index (χ1) is 10.2. The molecule has 0 aromatic carbocycles. The third kappa shape index (κ3) is 3.74. The molecule has 0 spiro atoms. The summed E-state index contributed by atoms with van der Waals surface area (Å²) in [5.74, 6) is 0. The Balaban J connectivity index is 2.33. The van der Waals surface area contributed by atoms with E-state index < -0.39 is 0 Å². The lowest BCUT2D eigenvalue weighted by Crippen LogP contribution is -2.36. The predicted octanol–water partition coefficient (Wildman–Crippen LogP) is 2.21. The second-order valence-corrected chi connectivity index (χ2v) is 5.11. The minimum atomic E-state index is -0.0610. The van der Waals surface area contributed by atoms with Crippen molar-refractivity contribution in [2.75, 3.05) is 44.9 Å². The van der Waals surface area contributed by atoms with Crippen LogP contribution in [0.4, 0.5) is 5.69 Å². The molecule has 116 valence electrons. The molecule has 1 aromatic rings. The first-order valence-electron chi connectivity index (χ1n) is 7.46. The van der Waals surface area contributed by atoms with E-state index in [1.807, 2.05) is 13.1 Å². The molecule has 5 heteroatoms. The molecule has 1 saturated heterocycles. The average Bonchev–Trinajstić information content (AvgIpc) is 2.54. The summed E-state index contributed by atoms with van der Waals surface area (Å²) in [5, 5.41) is 3.28. The van der Waals surface area contributed by atoms with E-state index in [1.165, 1.54) is 0 Å². The van der Waals surface area contributed by atoms with Crippen molar-refractivity contribution in [3.05, 3.63) is 30.1 Å². The van der Waals surface area contributed by atoms with E-state index in [0.29, 0.717) is 0 Å². The Morgan fingerprint density at radius 2 is 2.24 bits per heavy atom. The maximum absolute atomic E-state index is 5.43. The van der Waals surface area contributed by atoms with Crippen LogP contribution in [0.3, 0.4) is 0 Å². The van der Waals surface area contributed by atoms with Crippen LogP contribution in [0, 0.1) is 0 Å². The molecule has 1 N–H and O–H groups in total. The van der Waals surface area contributed by atoms with Crippen LogP contribution in [0.25, 0.3) is 5.70 Å². The number of nitrogens with one attached hydrogen (secondary N) is 1. The standard InChI is InChI=1S/C16H25N3O2/c1-5-17-12(2)15-10-14(19-6-8-21-9-7-19)11-18-16(15)13(3)20-4/h10-11,13,17H,2,5-9H2,1,3-4H3/t13-/m0/s1. The molecule has 1 atom stereocenters. The number of nitrogens with zero attached hydrogens (tertiary/aromatic N) is 2. The summed E-state index contributed by atoms with van der Waals surface area (Å²) in [4.78, 5) is 6.91. The van der Waals surface area contributed by atoms with Crippen molar-refractivity contribution in [2.24, 2.45) is 0 Å². The number of aromatic nitrogens is 1. The second-order valence-electron chi connectivity index (χ2n) is 5.11. The normalized spacial score (nSPS) is 16.6. The molecule has 0 saturated carbocycles. The number of hydrogen-bond acceptors (Lipinski definition) is 5. The summed E-state index contributed by atoms with van der Waals surface area (Å²) in [6.07, 6.45) is 1.85. The van der Waals surface area contributed by atoms with Crippen LogP contribution in [-0.2, 0) is 9.47 Å². The maximum atomic E-state index is 5.43. The number of methoxy groups -OCH3 is 1. The van der Waals surface area contributed by atoms with Gasteiger partial charge in [-0.05, 0) is 19.9 Å². The van der Waals surface area contributed by atoms with Gasteiger partial charge in [-0.15, -0.1) is 0 Å². The van der Waals surface area contributed by atoms with Gasteiger partial charge in [-0.2, -0.15) is 0 Å². The van der Waals surface area contributed by atoms with E-state index >= 15 is 0 Å². The van der Waals surface area contributed by atoms with Crippen molar-refractivity contribution in [2.45, 2.75) is 20.0 Å². The molecule has 2 heterocycles. The van der Waals surface area contributed by atoms with E-state index in [0.717, 1.165) is 55.5 Å². The third-order valence-electron chi connectivity index (χ3n) is 3.73. The Morgan fingerprint density at radius 3 is 2.86 bits per heavy atom. The maximum Gasteiger partial charge on any atom is 0.0969 e. The largest absolute Gasteiger partial charge is 0.385 e. The van der Waals surface area contributed by atoms with Gasteiger partial charge < -0.3 is 19.7 Å². The second kappa shape index (κ2) is 7.43. The summed E-state index contributed by atoms with van der Waals surface area (Å²) < 4.78 is 10.8. The van der Waals surface area contributed by atoms with Crippen molar-refractivity contribution in [3.63, 3.8) is 0 Å². The molecule has 5 nitrogen and oxygen atoms in total. The Bertz CT molecular complexity index is 484. The smallest absolute Gasteiger partial charge is 0.0969 e. The van der Waals surface area contributed by atoms with Gasteiger partial charge in [-0.3, -0.25) is 4.98 Å². The van der Waals surface area contributed by atoms with Crippen molar-refractivity contribution >= 4 is 11.4 Å². The minimum Gasteiger partial charge on any atom is -0.385 e. The van der Waals surface area contributed by atoms with Crippen LogP contribution >= 0.6 is 0 Å². The molecular formula is C16H25N3O2. The zero-order valence-corrected chi connectivity index (χ0v) is 13.2. The van der Waals surface area contributed by atoms with Gasteiger partial charge in [0.25, 0.3) is 0 Å². The van der Waals surface area contributed by atoms with Crippen LogP contribution < -0.4 is 10.2 Å². The fourth-order valence-corrected chi connectivity index (χ4v) is 2.44. The monoisotopic (exact) mass is 291 g/mol. The Morgan fingerprint density at radius 1 is 1.52 bits per heavy atom. The number of ether oxygens (including phenoxy) is 2. The lowest BCUT2D eigenvalue weighted by atomic mass is 10.1. The SMILES string of the molecule is C=C(NCC)c1cc(N2CCOCC2)cnc1[C@H](C)OC. The quantitative estimate of drug-likeness (QED) is 0.870. The first-order valence-corrected chi connectivity index (χ1v) is 7.46. The molecule has 2 rings (SSSR count). The molecule has 21 heavy (non-hydrogen) atoms. The summed E-state index contributed by atoms with van der Waals surface area (Å²) in [7, 11) is 1.70. The van der Waals surface area contributed by atoms with Crippen LogP contribution in [-0.4, -0.2) is 44.9 Å². The molecule has 0 amide bonds. The summed E-state index contributed by atoms with van der Waals surface area (Å²) in [6.45, 7) is 12.3. The van der Waals surface area contributed by atoms with Crippen molar-refractivity contribution in [3.8, 4) is 0 Å². The van der Waals surface area contributed by atoms with Gasteiger partial charge in [0.1, 0.15) is 0 Å². The average molecular weight is 291 g/mol. The number of rotatable bonds is 6. The first kappa shape index (κ1) is 15.8. The Hall–Kier alpha value is -1.59. The summed E-state index contributed by atoms with van der Waals surface area (Å²) >= 11 is 0. The van der Waals surface area contributed by atoms with Gasteiger partial charge in [0.15, 0.2) is 0 Å². The van der Waals surface area contributed by atoms with E-state index in [-0.39, 0.29) is 6.10 Å². The number of hydrogen-bond donors (Lipinski definition) is 1. The van der Waals surface area contributed by atoms with Gasteiger partial charge in [0, 0.05) is 38.0 Å². The predicted molar refractivity (Wildman–Crippen MR) is 85.4 cm³/mol. The van der Waals surface area contributed by atoms with Gasteiger partial charge in [-0.25, -0.2) is 0 Å². The van der Waals surface area contributed by atoms with Crippen LogP contribution in [0.1, 0.15) is 31.2 Å². The van der Waals surface area contributed by atoms with Crippen LogP contribution in [0.15, 0.2) is 18.8 Å². The highest BCUT2D eigenvalue weighted by atomic mass is 16.5. The Kier molecular flexibility index (Phi) is 5.59. The highest BCUT2D eigenvalue weighted by molar-refractivity contribution is 5.68. The van der Waals surface area contributed by atoms with Gasteiger partial charge in [0.05, 0.1) is 36.9 Å². The zero-order chi connectivity index (χ0) is 15.2. The minimum absolute atomic E-state index is 0.0610. The van der Waals surface area contributed by atoms with Crippen molar-refractivity contribution < 1.29 is 9.47 Å². The molecule has 1 fully saturated rings. The lowest BCUT2D eigenvalue weighted by Gasteiger charge is -2.29. The Labute approximate surface area is 127 Å². The molecular weight excluding hydrogens is 266 g/mol. The van der Waals surface area contributed by atoms with Gasteiger partial charge in [-0.1, -0.05) is 6.58 Å². The molecule has 0 bridgehead atoms. The van der Waals surface area contributed by atoms with E-state index in [9.17, 15) is 0 Å². The van der Waals surface area contributed by atoms with Crippen LogP contribution in [0.5, 0.6) is 0 Å². The fourth-order valence-electron chi connectivity index (χ4n) is 2.44. The topological polar surface area (TPSA) is 46.6 Å². The fraction of sp³-hybridized carbons (Fsp3) is 0.562. The van der Waals surface area contributed by atoms with Crippen molar-refractivity contribution in [1.82, 2.24) is 10.3 Å². The molecule has 1 aliphatic heterocycles. The molecule has 0 radical (unpaired) electrons. The highest BCUT2D eigenvalue weighted by Crippen LogP contribution is 2.27. The molecule has 1 aliphatic rings. The number of anilines is 1. The number of pyridine rings is 1. The lowest BCUT2D eigenvalue weighted by molar-refractivity contribution is 0.115. The van der Waals surface area contributed by atoms with Gasteiger partial charge in [0.2, 0.25) is 0 Å². The van der Waals surface area contributed by atoms with E-state index in [4.69, 9.17) is 9.47 Å². The third-order valence-corrected chi connectivity index (χ3v) is 3.73. The zero-order valence-electron chi connectivity index (χ0n) is 13.2. The van der Waals surface area contributed by atoms with Gasteiger partial charge >= 0.3 is 0 Å². The molecule has 0 aliphatic carbocycles. The van der Waals surface area contributed by atoms with Crippen LogP contribution in [0.2, 0.25) is 0 Å². The molecule has 0 unspecified atom stereocenters. The summed E-state index contributed by atoms with van der Waals surface area (Å²) in [5.41, 5.74) is 3.94. The van der Waals surface area contributed by atoms with E-state index in [1.54, 1.807) is 7.11 Å². The number of morpholine rings is 1. The van der Waals surface area contributed by atoms with Crippen molar-refractivity contribution in [1.29, 1.82) is 0 Å². The summed E-state index contributed by atoms with van der Waals surface area (Å²) in [6, 6.07) is 2.15. The molecule has 1 aromatic heterocycles. The highest BCUT2D eigenvalue weighted by Gasteiger charge is 2.18. The van der Waals surface area contributed by atoms with E-state index in [2.05, 4.69) is 34.8 Å².